The van der Waals surface area contributed by atoms with Crippen LogP contribution in [0, 0.1) is 5.92 Å². The summed E-state index contributed by atoms with van der Waals surface area (Å²) in [6.07, 6.45) is 3.18. The molecule has 8 nitrogen and oxygen atoms in total. The molecule has 1 aliphatic rings. The number of aromatic nitrogens is 2. The van der Waals surface area contributed by atoms with E-state index in [-0.39, 0.29) is 18.6 Å². The second-order valence-electron chi connectivity index (χ2n) is 11.4. The Kier molecular flexibility index (Phi) is 8.19. The molecule has 0 radical (unpaired) electrons. The molecule has 2 heterocycles. The van der Waals surface area contributed by atoms with Gasteiger partial charge >= 0.3 is 5.97 Å². The van der Waals surface area contributed by atoms with E-state index in [0.29, 0.717) is 31.4 Å². The van der Waals surface area contributed by atoms with Gasteiger partial charge in [0.25, 0.3) is 0 Å². The van der Waals surface area contributed by atoms with Crippen molar-refractivity contribution in [2.75, 3.05) is 13.7 Å². The number of ether oxygens (including phenoxy) is 3. The largest absolute Gasteiger partial charge is 0.497 e. The highest BCUT2D eigenvalue weighted by Crippen LogP contribution is 2.42. The molecule has 8 heteroatoms. The van der Waals surface area contributed by atoms with Crippen LogP contribution in [0.25, 0.3) is 33.6 Å². The monoisotopic (exact) mass is 544 g/mol. The van der Waals surface area contributed by atoms with Gasteiger partial charge in [-0.15, -0.1) is 0 Å². The maximum absolute atomic E-state index is 12.2. The Morgan fingerprint density at radius 3 is 2.45 bits per heavy atom. The first kappa shape index (κ1) is 27.8. The van der Waals surface area contributed by atoms with Crippen molar-refractivity contribution in [2.24, 2.45) is 5.92 Å². The van der Waals surface area contributed by atoms with Gasteiger partial charge in [0.05, 0.1) is 30.4 Å². The summed E-state index contributed by atoms with van der Waals surface area (Å²) in [5.41, 5.74) is 3.64. The zero-order valence-corrected chi connectivity index (χ0v) is 23.4. The molecule has 1 N–H and O–H groups in total. The van der Waals surface area contributed by atoms with Crippen LogP contribution in [0.4, 0.5) is 0 Å². The lowest BCUT2D eigenvalue weighted by Crippen LogP contribution is -2.35. The molecular formula is C32H36N2O6. The summed E-state index contributed by atoms with van der Waals surface area (Å²) in [6, 6.07) is 17.8. The number of hydrogen-bond acceptors (Lipinski definition) is 8. The number of methoxy groups -OCH3 is 1. The van der Waals surface area contributed by atoms with Crippen LogP contribution in [0.1, 0.15) is 45.7 Å². The van der Waals surface area contributed by atoms with Crippen molar-refractivity contribution in [3.63, 3.8) is 0 Å². The number of nitrogens with zero attached hydrogens (tertiary/aromatic N) is 2. The minimum atomic E-state index is -0.571. The van der Waals surface area contributed by atoms with Gasteiger partial charge in [-0.1, -0.05) is 42.5 Å². The Labute approximate surface area is 234 Å². The number of benzene rings is 2. The highest BCUT2D eigenvalue weighted by Gasteiger charge is 2.31. The molecule has 1 aliphatic carbocycles. The number of esters is 1. The van der Waals surface area contributed by atoms with Crippen LogP contribution in [0.15, 0.2) is 65.3 Å². The van der Waals surface area contributed by atoms with Gasteiger partial charge in [0, 0.05) is 11.1 Å². The van der Waals surface area contributed by atoms with Crippen molar-refractivity contribution in [2.45, 2.75) is 64.3 Å². The van der Waals surface area contributed by atoms with Crippen molar-refractivity contribution in [1.82, 2.24) is 9.97 Å². The summed E-state index contributed by atoms with van der Waals surface area (Å²) in [4.78, 5) is 21.4. The average molecular weight is 545 g/mol. The molecular weight excluding hydrogens is 508 g/mol. The molecule has 3 atom stereocenters. The van der Waals surface area contributed by atoms with E-state index in [1.807, 2.05) is 75.4 Å². The van der Waals surface area contributed by atoms with Gasteiger partial charge < -0.3 is 23.7 Å². The lowest BCUT2D eigenvalue weighted by molar-refractivity contribution is -0.164. The summed E-state index contributed by atoms with van der Waals surface area (Å²) in [6.45, 7) is 5.34. The molecule has 0 spiro atoms. The third-order valence-corrected chi connectivity index (χ3v) is 7.06. The average Bonchev–Trinajstić information content (AvgIpc) is 3.32. The first-order valence-electron chi connectivity index (χ1n) is 13.7. The Morgan fingerprint density at radius 1 is 1.00 bits per heavy atom. The number of hydrogen-bond donors (Lipinski definition) is 1. The molecule has 2 aromatic carbocycles. The predicted molar refractivity (Wildman–Crippen MR) is 152 cm³/mol. The van der Waals surface area contributed by atoms with Crippen LogP contribution in [0.5, 0.6) is 5.75 Å². The van der Waals surface area contributed by atoms with E-state index in [2.05, 4.69) is 4.98 Å². The fourth-order valence-corrected chi connectivity index (χ4v) is 5.46. The van der Waals surface area contributed by atoms with Crippen molar-refractivity contribution >= 4 is 17.1 Å². The molecule has 0 aliphatic heterocycles. The van der Waals surface area contributed by atoms with Gasteiger partial charge in [-0.25, -0.2) is 14.8 Å². The van der Waals surface area contributed by atoms with Gasteiger partial charge in [0.2, 0.25) is 5.71 Å². The van der Waals surface area contributed by atoms with Crippen molar-refractivity contribution in [1.29, 1.82) is 0 Å². The first-order chi connectivity index (χ1) is 19.2. The number of furan rings is 1. The molecule has 0 unspecified atom stereocenters. The second-order valence-corrected chi connectivity index (χ2v) is 11.4. The Morgan fingerprint density at radius 2 is 1.75 bits per heavy atom. The molecule has 0 amide bonds. The normalized spacial score (nSPS) is 19.5. The Balaban J connectivity index is 1.45. The fraction of sp³-hybridized carbons (Fsp3) is 0.406. The van der Waals surface area contributed by atoms with Crippen molar-refractivity contribution < 1.29 is 28.5 Å². The van der Waals surface area contributed by atoms with E-state index in [1.165, 1.54) is 6.33 Å². The lowest BCUT2D eigenvalue weighted by Gasteiger charge is -2.32. The van der Waals surface area contributed by atoms with Gasteiger partial charge in [0.15, 0.2) is 0 Å². The minimum absolute atomic E-state index is 0.101. The van der Waals surface area contributed by atoms with E-state index < -0.39 is 17.7 Å². The van der Waals surface area contributed by atoms with E-state index in [4.69, 9.17) is 23.6 Å². The molecule has 5 rings (SSSR count). The fourth-order valence-electron chi connectivity index (χ4n) is 5.46. The van der Waals surface area contributed by atoms with Crippen LogP contribution in [0.3, 0.4) is 0 Å². The van der Waals surface area contributed by atoms with Crippen LogP contribution in [-0.4, -0.2) is 52.6 Å². The van der Waals surface area contributed by atoms with Crippen LogP contribution < -0.4 is 4.74 Å². The van der Waals surface area contributed by atoms with Crippen molar-refractivity contribution in [3.05, 3.63) is 66.6 Å². The SMILES string of the molecule is COc1ccc(-c2c(-c3ccccc3)oc3ncnc(C[C@H]4C[C@@H](O)C[C@@H](OCC(=O)OC(C)(C)C)C4)c23)cc1. The molecule has 4 aromatic rings. The third-order valence-electron chi connectivity index (χ3n) is 7.06. The Hall–Kier alpha value is -3.75. The quantitative estimate of drug-likeness (QED) is 0.270. The summed E-state index contributed by atoms with van der Waals surface area (Å²) in [5.74, 6) is 1.19. The summed E-state index contributed by atoms with van der Waals surface area (Å²) >= 11 is 0. The maximum atomic E-state index is 12.2. The third kappa shape index (κ3) is 6.51. The van der Waals surface area contributed by atoms with E-state index in [1.54, 1.807) is 7.11 Å². The number of rotatable bonds is 8. The maximum Gasteiger partial charge on any atom is 0.332 e. The first-order valence-corrected chi connectivity index (χ1v) is 13.7. The van der Waals surface area contributed by atoms with E-state index in [0.717, 1.165) is 39.3 Å². The van der Waals surface area contributed by atoms with Gasteiger partial charge in [0.1, 0.15) is 30.0 Å². The van der Waals surface area contributed by atoms with Crippen molar-refractivity contribution in [3.8, 4) is 28.2 Å². The molecule has 1 saturated carbocycles. The molecule has 1 fully saturated rings. The second kappa shape index (κ2) is 11.8. The summed E-state index contributed by atoms with van der Waals surface area (Å²) in [5, 5.41) is 11.5. The van der Waals surface area contributed by atoms with Gasteiger partial charge in [-0.05, 0) is 70.1 Å². The molecule has 40 heavy (non-hydrogen) atoms. The van der Waals surface area contributed by atoms with E-state index in [9.17, 15) is 9.90 Å². The molecule has 0 bridgehead atoms. The van der Waals surface area contributed by atoms with Crippen LogP contribution in [0.2, 0.25) is 0 Å². The van der Waals surface area contributed by atoms with Crippen LogP contribution in [-0.2, 0) is 20.7 Å². The molecule has 0 saturated heterocycles. The topological polar surface area (TPSA) is 104 Å². The lowest BCUT2D eigenvalue weighted by atomic mass is 9.82. The number of carbonyl (C=O) groups is 1. The minimum Gasteiger partial charge on any atom is -0.497 e. The smallest absolute Gasteiger partial charge is 0.332 e. The number of aliphatic hydroxyl groups excluding tert-OH is 1. The number of aliphatic hydroxyl groups is 1. The van der Waals surface area contributed by atoms with Crippen LogP contribution >= 0.6 is 0 Å². The number of carbonyl (C=O) groups excluding carboxylic acids is 1. The zero-order valence-electron chi connectivity index (χ0n) is 23.4. The molecule has 210 valence electrons. The molecule has 2 aromatic heterocycles. The van der Waals surface area contributed by atoms with Gasteiger partial charge in [-0.2, -0.15) is 0 Å². The zero-order chi connectivity index (χ0) is 28.3. The Bertz CT molecular complexity index is 1440. The van der Waals surface area contributed by atoms with E-state index >= 15 is 0 Å². The summed E-state index contributed by atoms with van der Waals surface area (Å²) < 4.78 is 23.0. The predicted octanol–water partition coefficient (Wildman–Crippen LogP) is 6.00. The number of fused-ring (bicyclic) bond motifs is 1. The van der Waals surface area contributed by atoms with Gasteiger partial charge in [-0.3, -0.25) is 0 Å². The highest BCUT2D eigenvalue weighted by atomic mass is 16.6. The highest BCUT2D eigenvalue weighted by molar-refractivity contribution is 6.01. The standard InChI is InChI=1S/C32H36N2O6/c1-32(2,3)40-27(36)18-38-25-15-20(14-23(35)17-25)16-26-29-28(21-10-12-24(37-4)13-11-21)30(22-8-6-5-7-9-22)39-31(29)34-19-33-26/h5-13,19-20,23,25,35H,14-18H2,1-4H3/t20-,23+,25-/m0/s1. The summed E-state index contributed by atoms with van der Waals surface area (Å²) in [7, 11) is 1.65.